The molecule has 1 saturated heterocycles. The van der Waals surface area contributed by atoms with E-state index in [2.05, 4.69) is 20.8 Å². The normalized spacial score (nSPS) is 21.3. The average molecular weight is 186 g/mol. The number of nitrogens with zero attached hydrogens (tertiary/aromatic N) is 1. The molecule has 3 heteroatoms. The predicted molar refractivity (Wildman–Crippen MR) is 55.5 cm³/mol. The molecule has 0 spiro atoms. The topological polar surface area (TPSA) is 46.3 Å². The lowest BCUT2D eigenvalue weighted by Crippen LogP contribution is -2.37. The summed E-state index contributed by atoms with van der Waals surface area (Å²) in [6.07, 6.45) is 2.20. The molecule has 1 rings (SSSR count). The summed E-state index contributed by atoms with van der Waals surface area (Å²) in [7, 11) is 0. The molecule has 1 atom stereocenters. The first-order chi connectivity index (χ1) is 5.95. The first-order valence-electron chi connectivity index (χ1n) is 5.01. The zero-order valence-corrected chi connectivity index (χ0v) is 9.21. The van der Waals surface area contributed by atoms with Gasteiger partial charge in [0, 0.05) is 12.6 Å². The third-order valence-electron chi connectivity index (χ3n) is 1.84. The summed E-state index contributed by atoms with van der Waals surface area (Å²) < 4.78 is 0. The number of carbonyl (C=O) groups is 1. The Bertz CT molecular complexity index is 154. The lowest BCUT2D eigenvalue weighted by Gasteiger charge is -2.17. The molecule has 0 aromatic carbocycles. The molecule has 0 aromatic heterocycles. The van der Waals surface area contributed by atoms with Crippen LogP contribution >= 0.6 is 0 Å². The van der Waals surface area contributed by atoms with E-state index in [4.69, 9.17) is 5.73 Å². The second-order valence-electron chi connectivity index (χ2n) is 4.25. The molecule has 13 heavy (non-hydrogen) atoms. The van der Waals surface area contributed by atoms with Crippen molar-refractivity contribution in [3.63, 3.8) is 0 Å². The van der Waals surface area contributed by atoms with Crippen molar-refractivity contribution in [2.75, 3.05) is 6.54 Å². The van der Waals surface area contributed by atoms with E-state index in [0.29, 0.717) is 6.04 Å². The van der Waals surface area contributed by atoms with Gasteiger partial charge >= 0.3 is 6.03 Å². The first kappa shape index (κ1) is 12.3. The molecule has 0 bridgehead atoms. The van der Waals surface area contributed by atoms with Gasteiger partial charge in [-0.15, -0.1) is 0 Å². The number of nitrogens with two attached hydrogens (primary N) is 1. The van der Waals surface area contributed by atoms with Crippen LogP contribution < -0.4 is 5.73 Å². The lowest BCUT2D eigenvalue weighted by atomic mass is 10.2. The number of urea groups is 1. The Morgan fingerprint density at radius 3 is 2.08 bits per heavy atom. The minimum Gasteiger partial charge on any atom is -0.351 e. The molecule has 2 N–H and O–H groups in total. The van der Waals surface area contributed by atoms with Crippen molar-refractivity contribution in [3.8, 4) is 0 Å². The molecule has 1 heterocycles. The second kappa shape index (κ2) is 5.84. The van der Waals surface area contributed by atoms with E-state index in [0.717, 1.165) is 25.3 Å². The van der Waals surface area contributed by atoms with Crippen LogP contribution in [0, 0.1) is 5.92 Å². The fraction of sp³-hybridized carbons (Fsp3) is 0.900. The first-order valence-corrected chi connectivity index (χ1v) is 5.01. The van der Waals surface area contributed by atoms with Crippen molar-refractivity contribution in [2.45, 2.75) is 46.6 Å². The van der Waals surface area contributed by atoms with Gasteiger partial charge in [0.05, 0.1) is 0 Å². The SMILES string of the molecule is CC(C)C.CC1CCCN1C(N)=O. The van der Waals surface area contributed by atoms with Crippen molar-refractivity contribution in [1.82, 2.24) is 4.90 Å². The molecule has 0 aromatic rings. The van der Waals surface area contributed by atoms with Crippen LogP contribution in [0.5, 0.6) is 0 Å². The van der Waals surface area contributed by atoms with Crippen LogP contribution in [0.1, 0.15) is 40.5 Å². The Balaban J connectivity index is 0.000000310. The maximum Gasteiger partial charge on any atom is 0.315 e. The van der Waals surface area contributed by atoms with Gasteiger partial charge in [-0.3, -0.25) is 0 Å². The Hall–Kier alpha value is -0.730. The summed E-state index contributed by atoms with van der Waals surface area (Å²) >= 11 is 0. The van der Waals surface area contributed by atoms with Gasteiger partial charge in [0.1, 0.15) is 0 Å². The summed E-state index contributed by atoms with van der Waals surface area (Å²) in [6.45, 7) is 9.37. The standard InChI is InChI=1S/C6H12N2O.C4H10/c1-5-3-2-4-8(5)6(7)9;1-4(2)3/h5H,2-4H2,1H3,(H2,7,9);4H,1-3H3. The van der Waals surface area contributed by atoms with E-state index in [-0.39, 0.29) is 6.03 Å². The van der Waals surface area contributed by atoms with Gasteiger partial charge < -0.3 is 10.6 Å². The minimum atomic E-state index is -0.278. The monoisotopic (exact) mass is 186 g/mol. The second-order valence-corrected chi connectivity index (χ2v) is 4.25. The van der Waals surface area contributed by atoms with E-state index >= 15 is 0 Å². The van der Waals surface area contributed by atoms with Gasteiger partial charge in [-0.2, -0.15) is 0 Å². The largest absolute Gasteiger partial charge is 0.351 e. The highest BCUT2D eigenvalue weighted by molar-refractivity contribution is 5.72. The maximum atomic E-state index is 10.6. The molecular weight excluding hydrogens is 164 g/mol. The Morgan fingerprint density at radius 1 is 1.46 bits per heavy atom. The number of hydrogen-bond acceptors (Lipinski definition) is 1. The number of likely N-dealkylation sites (tertiary alicyclic amines) is 1. The van der Waals surface area contributed by atoms with Crippen molar-refractivity contribution in [3.05, 3.63) is 0 Å². The zero-order valence-electron chi connectivity index (χ0n) is 9.21. The summed E-state index contributed by atoms with van der Waals surface area (Å²) in [5.74, 6) is 0.833. The van der Waals surface area contributed by atoms with Crippen LogP contribution in [0.3, 0.4) is 0 Å². The number of carbonyl (C=O) groups excluding carboxylic acids is 1. The van der Waals surface area contributed by atoms with Gasteiger partial charge in [-0.05, 0) is 25.7 Å². The molecule has 1 aliphatic heterocycles. The molecule has 3 nitrogen and oxygen atoms in total. The van der Waals surface area contributed by atoms with Crippen LogP contribution in [-0.2, 0) is 0 Å². The summed E-state index contributed by atoms with van der Waals surface area (Å²) in [6, 6.07) is 0.0856. The average Bonchev–Trinajstić information content (AvgIpc) is 2.33. The molecule has 0 aliphatic carbocycles. The van der Waals surface area contributed by atoms with Gasteiger partial charge in [0.2, 0.25) is 0 Å². The van der Waals surface area contributed by atoms with Crippen molar-refractivity contribution < 1.29 is 4.79 Å². The molecule has 78 valence electrons. The smallest absolute Gasteiger partial charge is 0.315 e. The van der Waals surface area contributed by atoms with Crippen LogP contribution in [0.2, 0.25) is 0 Å². The molecule has 1 fully saturated rings. The Labute approximate surface area is 81.3 Å². The van der Waals surface area contributed by atoms with Crippen molar-refractivity contribution in [2.24, 2.45) is 11.7 Å². The van der Waals surface area contributed by atoms with E-state index in [9.17, 15) is 4.79 Å². The van der Waals surface area contributed by atoms with Gasteiger partial charge in [0.25, 0.3) is 0 Å². The third-order valence-corrected chi connectivity index (χ3v) is 1.84. The van der Waals surface area contributed by atoms with Crippen LogP contribution in [0.15, 0.2) is 0 Å². The van der Waals surface area contributed by atoms with E-state index < -0.39 is 0 Å². The van der Waals surface area contributed by atoms with Gasteiger partial charge in [0.15, 0.2) is 0 Å². The molecular formula is C10H22N2O. The quantitative estimate of drug-likeness (QED) is 0.619. The fourth-order valence-corrected chi connectivity index (χ4v) is 1.26. The van der Waals surface area contributed by atoms with Gasteiger partial charge in [-0.1, -0.05) is 20.8 Å². The summed E-state index contributed by atoms with van der Waals surface area (Å²) in [5.41, 5.74) is 5.08. The highest BCUT2D eigenvalue weighted by Gasteiger charge is 2.22. The fourth-order valence-electron chi connectivity index (χ4n) is 1.26. The molecule has 1 aliphatic rings. The number of hydrogen-bond donors (Lipinski definition) is 1. The van der Waals surface area contributed by atoms with Crippen molar-refractivity contribution >= 4 is 6.03 Å². The van der Waals surface area contributed by atoms with Crippen molar-refractivity contribution in [1.29, 1.82) is 0 Å². The third kappa shape index (κ3) is 5.50. The van der Waals surface area contributed by atoms with Gasteiger partial charge in [-0.25, -0.2) is 4.79 Å². The summed E-state index contributed by atoms with van der Waals surface area (Å²) in [5, 5.41) is 0. The van der Waals surface area contributed by atoms with E-state index in [1.165, 1.54) is 0 Å². The molecule has 0 saturated carbocycles. The lowest BCUT2D eigenvalue weighted by molar-refractivity contribution is 0.206. The van der Waals surface area contributed by atoms with Crippen LogP contribution in [0.4, 0.5) is 4.79 Å². The van der Waals surface area contributed by atoms with E-state index in [1.807, 2.05) is 6.92 Å². The van der Waals surface area contributed by atoms with E-state index in [1.54, 1.807) is 4.90 Å². The summed E-state index contributed by atoms with van der Waals surface area (Å²) in [4.78, 5) is 12.3. The zero-order chi connectivity index (χ0) is 10.4. The molecule has 1 unspecified atom stereocenters. The highest BCUT2D eigenvalue weighted by atomic mass is 16.2. The number of primary amides is 1. The molecule has 2 amide bonds. The molecule has 0 radical (unpaired) electrons. The highest BCUT2D eigenvalue weighted by Crippen LogP contribution is 2.14. The number of rotatable bonds is 0. The Kier molecular flexibility index (Phi) is 5.51. The minimum absolute atomic E-state index is 0.278. The Morgan fingerprint density at radius 2 is 1.92 bits per heavy atom. The predicted octanol–water partition coefficient (Wildman–Crippen LogP) is 2.21. The van der Waals surface area contributed by atoms with Crippen LogP contribution in [-0.4, -0.2) is 23.5 Å². The number of amides is 2. The van der Waals surface area contributed by atoms with Crippen LogP contribution in [0.25, 0.3) is 0 Å². The maximum absolute atomic E-state index is 10.6.